The lowest BCUT2D eigenvalue weighted by molar-refractivity contribution is -0.148. The molecule has 1 aliphatic carbocycles. The van der Waals surface area contributed by atoms with Gasteiger partial charge in [0.2, 0.25) is 5.91 Å². The first-order valence-corrected chi connectivity index (χ1v) is 6.26. The molecule has 4 N–H and O–H groups in total. The van der Waals surface area contributed by atoms with Crippen molar-refractivity contribution >= 4 is 11.9 Å². The van der Waals surface area contributed by atoms with Crippen LogP contribution in [0.15, 0.2) is 0 Å². The molecule has 1 atom stereocenters. The molecule has 98 valence electrons. The summed E-state index contributed by atoms with van der Waals surface area (Å²) in [5.41, 5.74) is 4.47. The molecule has 0 aromatic rings. The molecule has 1 rings (SSSR count). The molecular formula is C12H22N2O3. The van der Waals surface area contributed by atoms with E-state index in [1.807, 2.05) is 0 Å². The highest BCUT2D eigenvalue weighted by Crippen LogP contribution is 2.27. The number of nitrogens with one attached hydrogen (secondary N) is 1. The van der Waals surface area contributed by atoms with Gasteiger partial charge in [0.1, 0.15) is 5.54 Å². The Labute approximate surface area is 102 Å². The van der Waals surface area contributed by atoms with Crippen LogP contribution in [-0.4, -0.2) is 28.6 Å². The van der Waals surface area contributed by atoms with E-state index in [-0.39, 0.29) is 18.4 Å². The monoisotopic (exact) mass is 242 g/mol. The number of carboxylic acid groups (broad SMARTS) is 1. The average Bonchev–Trinajstić information content (AvgIpc) is 2.42. The zero-order chi connectivity index (χ0) is 12.9. The molecule has 0 radical (unpaired) electrons. The summed E-state index contributed by atoms with van der Waals surface area (Å²) in [5, 5.41) is 12.0. The predicted octanol–water partition coefficient (Wildman–Crippen LogP) is 1.02. The minimum absolute atomic E-state index is 0.176. The van der Waals surface area contributed by atoms with Gasteiger partial charge >= 0.3 is 5.97 Å². The molecule has 1 unspecified atom stereocenters. The molecule has 0 aliphatic heterocycles. The van der Waals surface area contributed by atoms with Gasteiger partial charge in [0.05, 0.1) is 0 Å². The minimum Gasteiger partial charge on any atom is -0.480 e. The molecule has 0 aromatic carbocycles. The summed E-state index contributed by atoms with van der Waals surface area (Å²) < 4.78 is 0. The van der Waals surface area contributed by atoms with Crippen molar-refractivity contribution in [1.29, 1.82) is 0 Å². The fourth-order valence-corrected chi connectivity index (χ4v) is 2.33. The Morgan fingerprint density at radius 1 is 1.29 bits per heavy atom. The predicted molar refractivity (Wildman–Crippen MR) is 64.5 cm³/mol. The van der Waals surface area contributed by atoms with Crippen molar-refractivity contribution in [2.24, 2.45) is 5.73 Å². The van der Waals surface area contributed by atoms with Crippen LogP contribution in [-0.2, 0) is 9.59 Å². The van der Waals surface area contributed by atoms with Gasteiger partial charge in [-0.2, -0.15) is 0 Å². The first-order valence-electron chi connectivity index (χ1n) is 6.26. The number of hydrogen-bond acceptors (Lipinski definition) is 3. The quantitative estimate of drug-likeness (QED) is 0.642. The van der Waals surface area contributed by atoms with Gasteiger partial charge < -0.3 is 16.2 Å². The summed E-state index contributed by atoms with van der Waals surface area (Å²) in [6, 6.07) is -0.244. The molecule has 0 saturated heterocycles. The average molecular weight is 242 g/mol. The molecule has 1 amide bonds. The fraction of sp³-hybridized carbons (Fsp3) is 0.833. The Morgan fingerprint density at radius 3 is 2.24 bits per heavy atom. The second-order valence-electron chi connectivity index (χ2n) is 5.03. The van der Waals surface area contributed by atoms with Crippen LogP contribution in [0.3, 0.4) is 0 Å². The summed E-state index contributed by atoms with van der Waals surface area (Å²) in [4.78, 5) is 23.1. The van der Waals surface area contributed by atoms with E-state index in [1.54, 1.807) is 6.92 Å². The highest BCUT2D eigenvalue weighted by Gasteiger charge is 2.39. The van der Waals surface area contributed by atoms with Gasteiger partial charge in [0, 0.05) is 12.5 Å². The number of hydrogen-bond donors (Lipinski definition) is 3. The van der Waals surface area contributed by atoms with E-state index in [0.717, 1.165) is 25.7 Å². The van der Waals surface area contributed by atoms with E-state index in [9.17, 15) is 14.7 Å². The Balaban J connectivity index is 2.70. The highest BCUT2D eigenvalue weighted by molar-refractivity contribution is 5.87. The second kappa shape index (κ2) is 6.00. The van der Waals surface area contributed by atoms with Crippen LogP contribution >= 0.6 is 0 Å². The lowest BCUT2D eigenvalue weighted by Gasteiger charge is -2.29. The molecule has 5 nitrogen and oxygen atoms in total. The molecule has 1 aliphatic rings. The Kier molecular flexibility index (Phi) is 4.93. The van der Waals surface area contributed by atoms with Crippen LogP contribution in [0.4, 0.5) is 0 Å². The molecule has 17 heavy (non-hydrogen) atoms. The minimum atomic E-state index is -1.07. The topological polar surface area (TPSA) is 92.4 Å². The molecule has 1 saturated carbocycles. The van der Waals surface area contributed by atoms with Crippen LogP contribution in [0.1, 0.15) is 51.9 Å². The maximum atomic E-state index is 11.7. The van der Waals surface area contributed by atoms with Crippen molar-refractivity contribution in [2.75, 3.05) is 0 Å². The molecule has 0 aromatic heterocycles. The fourth-order valence-electron chi connectivity index (χ4n) is 2.33. The van der Waals surface area contributed by atoms with Crippen LogP contribution in [0.5, 0.6) is 0 Å². The van der Waals surface area contributed by atoms with E-state index in [0.29, 0.717) is 12.8 Å². The maximum Gasteiger partial charge on any atom is 0.329 e. The number of nitrogens with two attached hydrogens (primary N) is 1. The van der Waals surface area contributed by atoms with Crippen molar-refractivity contribution in [3.05, 3.63) is 0 Å². The summed E-state index contributed by atoms with van der Waals surface area (Å²) in [7, 11) is 0. The normalized spacial score (nSPS) is 21.3. The zero-order valence-corrected chi connectivity index (χ0v) is 10.4. The molecular weight excluding hydrogens is 220 g/mol. The number of carbonyl (C=O) groups is 2. The standard InChI is InChI=1S/C12H22N2O3/c1-9(13)8-10(15)14-12(11(16)17)6-4-2-3-5-7-12/h9H,2-8,13H2,1H3,(H,14,15)(H,16,17). The zero-order valence-electron chi connectivity index (χ0n) is 10.4. The van der Waals surface area contributed by atoms with Gasteiger partial charge in [0.25, 0.3) is 0 Å². The largest absolute Gasteiger partial charge is 0.480 e. The summed E-state index contributed by atoms with van der Waals surface area (Å²) in [5.74, 6) is -1.18. The van der Waals surface area contributed by atoms with E-state index in [2.05, 4.69) is 5.32 Å². The third kappa shape index (κ3) is 4.00. The molecule has 5 heteroatoms. The Bertz CT molecular complexity index is 281. The number of amides is 1. The van der Waals surface area contributed by atoms with Crippen LogP contribution in [0.2, 0.25) is 0 Å². The first-order chi connectivity index (χ1) is 7.96. The van der Waals surface area contributed by atoms with E-state index >= 15 is 0 Å². The van der Waals surface area contributed by atoms with Gasteiger partial charge in [-0.3, -0.25) is 4.79 Å². The van der Waals surface area contributed by atoms with Crippen LogP contribution in [0.25, 0.3) is 0 Å². The number of carboxylic acids is 1. The van der Waals surface area contributed by atoms with E-state index in [1.165, 1.54) is 0 Å². The molecule has 1 fully saturated rings. The molecule has 0 spiro atoms. The highest BCUT2D eigenvalue weighted by atomic mass is 16.4. The van der Waals surface area contributed by atoms with Crippen LogP contribution in [0, 0.1) is 0 Å². The number of carbonyl (C=O) groups excluding carboxylic acids is 1. The smallest absolute Gasteiger partial charge is 0.329 e. The SMILES string of the molecule is CC(N)CC(=O)NC1(C(=O)O)CCCCCC1. The Morgan fingerprint density at radius 2 is 1.82 bits per heavy atom. The number of rotatable bonds is 4. The first kappa shape index (κ1) is 14.0. The lowest BCUT2D eigenvalue weighted by Crippen LogP contribution is -2.54. The van der Waals surface area contributed by atoms with Crippen LogP contribution < -0.4 is 11.1 Å². The van der Waals surface area contributed by atoms with Gasteiger partial charge in [-0.15, -0.1) is 0 Å². The number of aliphatic carboxylic acids is 1. The van der Waals surface area contributed by atoms with Gasteiger partial charge in [-0.05, 0) is 19.8 Å². The van der Waals surface area contributed by atoms with Crippen molar-refractivity contribution in [3.63, 3.8) is 0 Å². The molecule has 0 bridgehead atoms. The van der Waals surface area contributed by atoms with E-state index in [4.69, 9.17) is 5.73 Å². The molecule has 0 heterocycles. The summed E-state index contributed by atoms with van der Waals surface area (Å²) in [6.07, 6.45) is 5.00. The van der Waals surface area contributed by atoms with Crippen molar-refractivity contribution in [3.8, 4) is 0 Å². The summed E-state index contributed by atoms with van der Waals surface area (Å²) in [6.45, 7) is 1.74. The third-order valence-corrected chi connectivity index (χ3v) is 3.25. The van der Waals surface area contributed by atoms with Crippen molar-refractivity contribution in [2.45, 2.75) is 63.5 Å². The second-order valence-corrected chi connectivity index (χ2v) is 5.03. The van der Waals surface area contributed by atoms with Gasteiger partial charge in [-0.1, -0.05) is 25.7 Å². The van der Waals surface area contributed by atoms with Gasteiger partial charge in [-0.25, -0.2) is 4.79 Å². The lowest BCUT2D eigenvalue weighted by atomic mass is 9.90. The third-order valence-electron chi connectivity index (χ3n) is 3.25. The maximum absolute atomic E-state index is 11.7. The van der Waals surface area contributed by atoms with Crippen molar-refractivity contribution in [1.82, 2.24) is 5.32 Å². The van der Waals surface area contributed by atoms with Gasteiger partial charge in [0.15, 0.2) is 0 Å². The van der Waals surface area contributed by atoms with E-state index < -0.39 is 11.5 Å². The van der Waals surface area contributed by atoms with Crippen molar-refractivity contribution < 1.29 is 14.7 Å². The summed E-state index contributed by atoms with van der Waals surface area (Å²) >= 11 is 0. The Hall–Kier alpha value is -1.10.